The molecule has 8 N–H and O–H groups in total. The summed E-state index contributed by atoms with van der Waals surface area (Å²) in [6.45, 7) is -1.28. The smallest absolute Gasteiger partial charge is 0.229 e. The van der Waals surface area contributed by atoms with Crippen LogP contribution in [0.25, 0.3) is 0 Å². The topological polar surface area (TPSA) is 217 Å². The maximum absolute atomic E-state index is 10.2. The average Bonchev–Trinajstić information content (AvgIpc) is 2.84. The van der Waals surface area contributed by atoms with Crippen molar-refractivity contribution >= 4 is 0 Å². The van der Waals surface area contributed by atoms with E-state index in [2.05, 4.69) is 0 Å². The molecule has 0 amide bonds. The van der Waals surface area contributed by atoms with Gasteiger partial charge in [0.05, 0.1) is 27.4 Å². The van der Waals surface area contributed by atoms with Crippen molar-refractivity contribution in [3.8, 4) is 23.0 Å². The summed E-state index contributed by atoms with van der Waals surface area (Å²) in [4.78, 5) is 0. The fraction of sp³-hybridized carbons (Fsp3) is 0.700. The highest BCUT2D eigenvalue weighted by molar-refractivity contribution is 5.56. The van der Waals surface area contributed by atoms with Gasteiger partial charge in [0.15, 0.2) is 11.5 Å². The average molecular weight is 494 g/mol. The molecule has 0 aromatic heterocycles. The van der Waals surface area contributed by atoms with Crippen LogP contribution < -0.4 is 18.9 Å². The molecule has 194 valence electrons. The largest absolute Gasteiger partial charge is 0.493 e. The molecule has 0 aliphatic carbocycles. The van der Waals surface area contributed by atoms with Gasteiger partial charge < -0.3 is 69.3 Å². The minimum absolute atomic E-state index is 0.00380. The van der Waals surface area contributed by atoms with Crippen molar-refractivity contribution in [1.29, 1.82) is 0 Å². The van der Waals surface area contributed by atoms with Crippen molar-refractivity contribution in [2.75, 3.05) is 27.4 Å². The molecule has 0 bridgehead atoms. The van der Waals surface area contributed by atoms with Crippen molar-refractivity contribution in [3.05, 3.63) is 12.1 Å². The van der Waals surface area contributed by atoms with Crippen molar-refractivity contribution in [2.24, 2.45) is 0 Å². The Labute approximate surface area is 194 Å². The van der Waals surface area contributed by atoms with E-state index in [9.17, 15) is 40.9 Å². The second-order valence-corrected chi connectivity index (χ2v) is 7.79. The monoisotopic (exact) mass is 494 g/mol. The lowest BCUT2D eigenvalue weighted by Crippen LogP contribution is -2.60. The summed E-state index contributed by atoms with van der Waals surface area (Å²) in [5.41, 5.74) is 0. The predicted octanol–water partition coefficient (Wildman–Crippen LogP) is -3.94. The summed E-state index contributed by atoms with van der Waals surface area (Å²) < 4.78 is 32.5. The Morgan fingerprint density at radius 3 is 1.44 bits per heavy atom. The first-order valence-corrected chi connectivity index (χ1v) is 10.4. The van der Waals surface area contributed by atoms with Crippen LogP contribution in [-0.4, -0.2) is 130 Å². The van der Waals surface area contributed by atoms with E-state index in [1.54, 1.807) is 0 Å². The SMILES string of the molecule is COc1cc(OC2OC(CO)C(O)C(O)C2O)cc(OC)c1OC1OC(CO)C(O)C(O)C1O. The van der Waals surface area contributed by atoms with E-state index < -0.39 is 74.6 Å². The van der Waals surface area contributed by atoms with Crippen LogP contribution in [0.4, 0.5) is 0 Å². The van der Waals surface area contributed by atoms with Gasteiger partial charge in [-0.05, 0) is 0 Å². The highest BCUT2D eigenvalue weighted by Crippen LogP contribution is 2.43. The van der Waals surface area contributed by atoms with Gasteiger partial charge in [-0.2, -0.15) is 0 Å². The zero-order valence-electron chi connectivity index (χ0n) is 18.4. The van der Waals surface area contributed by atoms with Gasteiger partial charge in [-0.3, -0.25) is 0 Å². The van der Waals surface area contributed by atoms with Gasteiger partial charge in [0.1, 0.15) is 54.6 Å². The number of hydrogen-bond acceptors (Lipinski definition) is 14. The molecule has 10 atom stereocenters. The quantitative estimate of drug-likeness (QED) is 0.173. The third kappa shape index (κ3) is 5.16. The number of aliphatic hydroxyl groups excluding tert-OH is 8. The summed E-state index contributed by atoms with van der Waals surface area (Å²) in [6.07, 6.45) is -15.1. The van der Waals surface area contributed by atoms with Gasteiger partial charge >= 0.3 is 0 Å². The fourth-order valence-corrected chi connectivity index (χ4v) is 3.62. The second-order valence-electron chi connectivity index (χ2n) is 7.79. The predicted molar refractivity (Wildman–Crippen MR) is 108 cm³/mol. The Hall–Kier alpha value is -1.98. The number of methoxy groups -OCH3 is 2. The summed E-state index contributed by atoms with van der Waals surface area (Å²) in [7, 11) is 2.57. The Morgan fingerprint density at radius 1 is 0.647 bits per heavy atom. The number of aliphatic hydroxyl groups is 8. The minimum atomic E-state index is -1.68. The van der Waals surface area contributed by atoms with Gasteiger partial charge in [-0.25, -0.2) is 0 Å². The molecular formula is C20H30O14. The maximum atomic E-state index is 10.2. The van der Waals surface area contributed by atoms with E-state index in [-0.39, 0.29) is 23.0 Å². The first-order chi connectivity index (χ1) is 16.2. The van der Waals surface area contributed by atoms with Crippen LogP contribution in [-0.2, 0) is 9.47 Å². The molecule has 2 heterocycles. The molecule has 1 aromatic carbocycles. The molecule has 0 saturated carbocycles. The number of benzene rings is 1. The highest BCUT2D eigenvalue weighted by Gasteiger charge is 2.46. The van der Waals surface area contributed by atoms with Gasteiger partial charge in [0.25, 0.3) is 0 Å². The summed E-state index contributed by atoms with van der Waals surface area (Å²) in [5, 5.41) is 78.9. The molecule has 2 aliphatic heterocycles. The van der Waals surface area contributed by atoms with E-state index in [0.717, 1.165) is 0 Å². The van der Waals surface area contributed by atoms with E-state index >= 15 is 0 Å². The van der Waals surface area contributed by atoms with Crippen LogP contribution in [0.2, 0.25) is 0 Å². The molecular weight excluding hydrogens is 464 g/mol. The second kappa shape index (κ2) is 11.2. The zero-order chi connectivity index (χ0) is 25.2. The minimum Gasteiger partial charge on any atom is -0.493 e. The molecule has 2 aliphatic rings. The molecule has 2 saturated heterocycles. The summed E-state index contributed by atoms with van der Waals surface area (Å²) >= 11 is 0. The molecule has 2 fully saturated rings. The third-order valence-corrected chi connectivity index (χ3v) is 5.62. The molecule has 14 heteroatoms. The van der Waals surface area contributed by atoms with E-state index in [1.165, 1.54) is 26.4 Å². The molecule has 0 radical (unpaired) electrons. The van der Waals surface area contributed by atoms with E-state index in [0.29, 0.717) is 0 Å². The molecule has 0 spiro atoms. The van der Waals surface area contributed by atoms with Crippen LogP contribution in [0, 0.1) is 0 Å². The normalized spacial score (nSPS) is 38.3. The Balaban J connectivity index is 1.85. The van der Waals surface area contributed by atoms with Crippen LogP contribution in [0.15, 0.2) is 12.1 Å². The molecule has 14 nitrogen and oxygen atoms in total. The lowest BCUT2D eigenvalue weighted by molar-refractivity contribution is -0.278. The molecule has 10 unspecified atom stereocenters. The Morgan fingerprint density at radius 2 is 1.06 bits per heavy atom. The van der Waals surface area contributed by atoms with Gasteiger partial charge in [-0.15, -0.1) is 0 Å². The number of ether oxygens (including phenoxy) is 6. The fourth-order valence-electron chi connectivity index (χ4n) is 3.62. The molecule has 3 rings (SSSR count). The zero-order valence-corrected chi connectivity index (χ0v) is 18.4. The lowest BCUT2D eigenvalue weighted by atomic mass is 9.99. The van der Waals surface area contributed by atoms with Crippen LogP contribution in [0.1, 0.15) is 0 Å². The summed E-state index contributed by atoms with van der Waals surface area (Å²) in [6, 6.07) is 2.59. The molecule has 1 aromatic rings. The third-order valence-electron chi connectivity index (χ3n) is 5.62. The summed E-state index contributed by atoms with van der Waals surface area (Å²) in [5.74, 6) is -0.0820. The Kier molecular flexibility index (Phi) is 8.75. The highest BCUT2D eigenvalue weighted by atomic mass is 16.7. The van der Waals surface area contributed by atoms with Crippen molar-refractivity contribution in [3.63, 3.8) is 0 Å². The van der Waals surface area contributed by atoms with Crippen molar-refractivity contribution in [1.82, 2.24) is 0 Å². The van der Waals surface area contributed by atoms with Crippen LogP contribution in [0.3, 0.4) is 0 Å². The van der Waals surface area contributed by atoms with Gasteiger partial charge in [0.2, 0.25) is 18.3 Å². The standard InChI is InChI=1S/C20H30O14/c1-29-8-3-7(31-19-16(27)14(25)12(23)10(5-21)32-19)4-9(30-2)18(8)34-20-17(28)15(26)13(24)11(6-22)33-20/h3-4,10-17,19-28H,5-6H2,1-2H3. The van der Waals surface area contributed by atoms with Gasteiger partial charge in [-0.1, -0.05) is 0 Å². The number of hydrogen-bond donors (Lipinski definition) is 8. The number of rotatable bonds is 8. The lowest BCUT2D eigenvalue weighted by Gasteiger charge is -2.40. The van der Waals surface area contributed by atoms with Gasteiger partial charge in [0, 0.05) is 12.1 Å². The van der Waals surface area contributed by atoms with E-state index in [1.807, 2.05) is 0 Å². The first kappa shape index (κ1) is 26.6. The Bertz CT molecular complexity index is 778. The van der Waals surface area contributed by atoms with Crippen molar-refractivity contribution < 1.29 is 69.3 Å². The van der Waals surface area contributed by atoms with E-state index in [4.69, 9.17) is 28.4 Å². The van der Waals surface area contributed by atoms with Crippen molar-refractivity contribution in [2.45, 2.75) is 61.4 Å². The van der Waals surface area contributed by atoms with Crippen LogP contribution in [0.5, 0.6) is 23.0 Å². The first-order valence-electron chi connectivity index (χ1n) is 10.4. The maximum Gasteiger partial charge on any atom is 0.229 e. The molecule has 34 heavy (non-hydrogen) atoms. The van der Waals surface area contributed by atoms with Crippen LogP contribution >= 0.6 is 0 Å².